The molecule has 2 N–H and O–H groups in total. The normalized spacial score (nSPS) is 10.5. The van der Waals surface area contributed by atoms with Crippen molar-refractivity contribution in [2.24, 2.45) is 7.05 Å². The molecule has 0 aromatic carbocycles. The number of anilines is 1. The molecule has 0 aliphatic rings. The number of nitrogens with one attached hydrogen (secondary N) is 1. The molecular formula is C12H15N5O3. The molecule has 2 aromatic rings. The van der Waals surface area contributed by atoms with E-state index in [2.05, 4.69) is 15.5 Å². The van der Waals surface area contributed by atoms with Crippen LogP contribution < -0.4 is 5.32 Å². The van der Waals surface area contributed by atoms with Gasteiger partial charge >= 0.3 is 5.97 Å². The minimum Gasteiger partial charge on any atom is -0.481 e. The molecule has 8 nitrogen and oxygen atoms in total. The van der Waals surface area contributed by atoms with Gasteiger partial charge in [-0.3, -0.25) is 19.0 Å². The van der Waals surface area contributed by atoms with Crippen LogP contribution >= 0.6 is 0 Å². The lowest BCUT2D eigenvalue weighted by atomic mass is 10.3. The van der Waals surface area contributed by atoms with Gasteiger partial charge in [0.15, 0.2) is 0 Å². The topological polar surface area (TPSA) is 102 Å². The number of rotatable bonds is 5. The van der Waals surface area contributed by atoms with Crippen LogP contribution in [0.4, 0.5) is 5.82 Å². The largest absolute Gasteiger partial charge is 0.481 e. The fraction of sp³-hybridized carbons (Fsp3) is 0.333. The molecule has 0 aliphatic carbocycles. The van der Waals surface area contributed by atoms with E-state index in [-0.39, 0.29) is 18.9 Å². The van der Waals surface area contributed by atoms with Crippen LogP contribution in [0.25, 0.3) is 0 Å². The highest BCUT2D eigenvalue weighted by molar-refractivity contribution is 6.02. The maximum atomic E-state index is 12.1. The fourth-order valence-electron chi connectivity index (χ4n) is 1.81. The number of carboxylic acid groups (broad SMARTS) is 1. The summed E-state index contributed by atoms with van der Waals surface area (Å²) in [6, 6.07) is 3.29. The summed E-state index contributed by atoms with van der Waals surface area (Å²) in [7, 11) is 1.73. The predicted octanol–water partition coefficient (Wildman–Crippen LogP) is 0.652. The minimum absolute atomic E-state index is 0.0905. The molecule has 0 bridgehead atoms. The van der Waals surface area contributed by atoms with Crippen LogP contribution in [-0.2, 0) is 18.4 Å². The van der Waals surface area contributed by atoms with E-state index in [9.17, 15) is 9.59 Å². The van der Waals surface area contributed by atoms with Gasteiger partial charge in [0.1, 0.15) is 11.5 Å². The number of carboxylic acids is 1. The average molecular weight is 277 g/mol. The van der Waals surface area contributed by atoms with Crippen molar-refractivity contribution in [2.75, 3.05) is 5.32 Å². The van der Waals surface area contributed by atoms with Gasteiger partial charge in [0.2, 0.25) is 0 Å². The SMILES string of the molecule is Cc1cc(NC(=O)c2ccnn2CCC(=O)O)n(C)n1. The van der Waals surface area contributed by atoms with Crippen LogP contribution in [0.15, 0.2) is 18.3 Å². The summed E-state index contributed by atoms with van der Waals surface area (Å²) in [4.78, 5) is 22.7. The number of aliphatic carboxylic acids is 1. The van der Waals surface area contributed by atoms with Crippen molar-refractivity contribution in [3.05, 3.63) is 29.7 Å². The first-order valence-electron chi connectivity index (χ1n) is 6.03. The lowest BCUT2D eigenvalue weighted by molar-refractivity contribution is -0.137. The van der Waals surface area contributed by atoms with E-state index in [1.165, 1.54) is 10.9 Å². The van der Waals surface area contributed by atoms with Crippen LogP contribution in [0.5, 0.6) is 0 Å². The lowest BCUT2D eigenvalue weighted by Gasteiger charge is -2.07. The molecule has 1 amide bonds. The molecule has 0 aliphatic heterocycles. The minimum atomic E-state index is -0.936. The summed E-state index contributed by atoms with van der Waals surface area (Å²) in [5, 5.41) is 19.5. The Kier molecular flexibility index (Phi) is 3.83. The first kappa shape index (κ1) is 13.8. The monoisotopic (exact) mass is 277 g/mol. The zero-order chi connectivity index (χ0) is 14.7. The molecule has 0 unspecified atom stereocenters. The molecule has 8 heteroatoms. The van der Waals surface area contributed by atoms with Crippen LogP contribution in [-0.4, -0.2) is 36.5 Å². The number of aryl methyl sites for hydroxylation is 3. The fourth-order valence-corrected chi connectivity index (χ4v) is 1.81. The van der Waals surface area contributed by atoms with E-state index >= 15 is 0 Å². The van der Waals surface area contributed by atoms with Gasteiger partial charge in [0.25, 0.3) is 5.91 Å². The highest BCUT2D eigenvalue weighted by Gasteiger charge is 2.14. The second-order valence-corrected chi connectivity index (χ2v) is 4.33. The van der Waals surface area contributed by atoms with Crippen molar-refractivity contribution in [1.29, 1.82) is 0 Å². The van der Waals surface area contributed by atoms with Gasteiger partial charge in [0, 0.05) is 19.3 Å². The smallest absolute Gasteiger partial charge is 0.305 e. The molecule has 0 atom stereocenters. The van der Waals surface area contributed by atoms with Gasteiger partial charge in [-0.05, 0) is 13.0 Å². The quantitative estimate of drug-likeness (QED) is 0.835. The Hall–Kier alpha value is -2.64. The number of nitrogens with zero attached hydrogens (tertiary/aromatic N) is 4. The zero-order valence-corrected chi connectivity index (χ0v) is 11.2. The first-order chi connectivity index (χ1) is 9.47. The highest BCUT2D eigenvalue weighted by atomic mass is 16.4. The number of aromatic nitrogens is 4. The van der Waals surface area contributed by atoms with E-state index in [0.717, 1.165) is 5.69 Å². The molecule has 106 valence electrons. The summed E-state index contributed by atoms with van der Waals surface area (Å²) in [6.07, 6.45) is 1.37. The standard InChI is InChI=1S/C12H15N5O3/c1-8-7-10(16(2)15-8)14-12(20)9-3-5-13-17(9)6-4-11(18)19/h3,5,7H,4,6H2,1-2H3,(H,14,20)(H,18,19). The summed E-state index contributed by atoms with van der Waals surface area (Å²) in [6.45, 7) is 1.97. The Bertz CT molecular complexity index is 643. The van der Waals surface area contributed by atoms with Gasteiger partial charge in [-0.25, -0.2) is 0 Å². The molecule has 2 heterocycles. The molecule has 2 rings (SSSR count). The highest BCUT2D eigenvalue weighted by Crippen LogP contribution is 2.10. The molecule has 0 spiro atoms. The summed E-state index contributed by atoms with van der Waals surface area (Å²) in [5.74, 6) is -0.719. The summed E-state index contributed by atoms with van der Waals surface area (Å²) >= 11 is 0. The number of carbonyl (C=O) groups excluding carboxylic acids is 1. The second kappa shape index (κ2) is 5.55. The Balaban J connectivity index is 2.11. The van der Waals surface area contributed by atoms with Crippen molar-refractivity contribution in [3.63, 3.8) is 0 Å². The molecular weight excluding hydrogens is 262 g/mol. The number of hydrogen-bond donors (Lipinski definition) is 2. The Morgan fingerprint density at radius 1 is 1.45 bits per heavy atom. The second-order valence-electron chi connectivity index (χ2n) is 4.33. The molecule has 0 fully saturated rings. The van der Waals surface area contributed by atoms with E-state index in [4.69, 9.17) is 5.11 Å². The summed E-state index contributed by atoms with van der Waals surface area (Å²) in [5.41, 5.74) is 1.10. The van der Waals surface area contributed by atoms with Gasteiger partial charge in [-0.15, -0.1) is 0 Å². The van der Waals surface area contributed by atoms with E-state index < -0.39 is 5.97 Å². The van der Waals surface area contributed by atoms with Crippen molar-refractivity contribution >= 4 is 17.7 Å². The van der Waals surface area contributed by atoms with Gasteiger partial charge in [0.05, 0.1) is 18.7 Å². The van der Waals surface area contributed by atoms with Gasteiger partial charge in [-0.1, -0.05) is 0 Å². The molecule has 0 saturated heterocycles. The molecule has 20 heavy (non-hydrogen) atoms. The maximum Gasteiger partial charge on any atom is 0.305 e. The van der Waals surface area contributed by atoms with Gasteiger partial charge in [-0.2, -0.15) is 10.2 Å². The Morgan fingerprint density at radius 3 is 2.80 bits per heavy atom. The van der Waals surface area contributed by atoms with Crippen molar-refractivity contribution in [1.82, 2.24) is 19.6 Å². The average Bonchev–Trinajstić information content (AvgIpc) is 2.94. The molecule has 0 radical (unpaired) electrons. The van der Waals surface area contributed by atoms with Gasteiger partial charge < -0.3 is 10.4 Å². The zero-order valence-electron chi connectivity index (χ0n) is 11.2. The number of amides is 1. The molecule has 2 aromatic heterocycles. The predicted molar refractivity (Wildman–Crippen MR) is 70.4 cm³/mol. The van der Waals surface area contributed by atoms with Crippen LogP contribution in [0, 0.1) is 6.92 Å². The maximum absolute atomic E-state index is 12.1. The number of carbonyl (C=O) groups is 2. The summed E-state index contributed by atoms with van der Waals surface area (Å²) < 4.78 is 2.93. The van der Waals surface area contributed by atoms with Crippen molar-refractivity contribution < 1.29 is 14.7 Å². The van der Waals surface area contributed by atoms with Crippen LogP contribution in [0.3, 0.4) is 0 Å². The van der Waals surface area contributed by atoms with Crippen LogP contribution in [0.2, 0.25) is 0 Å². The third kappa shape index (κ3) is 3.02. The van der Waals surface area contributed by atoms with Crippen molar-refractivity contribution in [2.45, 2.75) is 19.9 Å². The third-order valence-corrected chi connectivity index (χ3v) is 2.73. The van der Waals surface area contributed by atoms with Crippen LogP contribution in [0.1, 0.15) is 22.6 Å². The lowest BCUT2D eigenvalue weighted by Crippen LogP contribution is -2.20. The molecule has 0 saturated carbocycles. The third-order valence-electron chi connectivity index (χ3n) is 2.73. The van der Waals surface area contributed by atoms with E-state index in [0.29, 0.717) is 11.5 Å². The Morgan fingerprint density at radius 2 is 2.20 bits per heavy atom. The Labute approximate surface area is 115 Å². The van der Waals surface area contributed by atoms with E-state index in [1.54, 1.807) is 23.9 Å². The number of hydrogen-bond acceptors (Lipinski definition) is 4. The first-order valence-corrected chi connectivity index (χ1v) is 6.03. The van der Waals surface area contributed by atoms with E-state index in [1.807, 2.05) is 6.92 Å². The van der Waals surface area contributed by atoms with Crippen molar-refractivity contribution in [3.8, 4) is 0 Å².